The van der Waals surface area contributed by atoms with Crippen molar-refractivity contribution in [3.63, 3.8) is 0 Å². The van der Waals surface area contributed by atoms with Crippen molar-refractivity contribution in [3.05, 3.63) is 28.2 Å². The molecule has 0 bridgehead atoms. The molecule has 1 aliphatic heterocycles. The van der Waals surface area contributed by atoms with Crippen molar-refractivity contribution in [2.75, 3.05) is 26.9 Å². The van der Waals surface area contributed by atoms with E-state index in [0.717, 1.165) is 22.3 Å². The van der Waals surface area contributed by atoms with Crippen molar-refractivity contribution in [2.24, 2.45) is 5.92 Å². The van der Waals surface area contributed by atoms with Gasteiger partial charge in [-0.25, -0.2) is 0 Å². The number of hydrogen-bond acceptors (Lipinski definition) is 4. The number of ether oxygens (including phenoxy) is 2. The van der Waals surface area contributed by atoms with E-state index in [2.05, 4.69) is 21.2 Å². The van der Waals surface area contributed by atoms with Gasteiger partial charge in [0.15, 0.2) is 0 Å². The number of rotatable bonds is 6. The fourth-order valence-corrected chi connectivity index (χ4v) is 3.08. The number of benzene rings is 1. The second kappa shape index (κ2) is 7.20. The first-order valence-corrected chi connectivity index (χ1v) is 7.61. The molecule has 2 rings (SSSR count). The molecule has 0 radical (unpaired) electrons. The van der Waals surface area contributed by atoms with Crippen molar-refractivity contribution in [1.29, 1.82) is 0 Å². The summed E-state index contributed by atoms with van der Waals surface area (Å²) in [5.74, 6) is 0.956. The zero-order chi connectivity index (χ0) is 14.5. The van der Waals surface area contributed by atoms with E-state index in [4.69, 9.17) is 9.47 Å². The SMILES string of the molecule is CCNC1COCC1C(=O)Cc1ccc(OC)c(Br)c1. The monoisotopic (exact) mass is 341 g/mol. The molecular weight excluding hydrogens is 322 g/mol. The number of Topliss-reactive ketones (excluding diaryl/α,β-unsaturated/α-hetero) is 1. The first-order chi connectivity index (χ1) is 9.65. The molecule has 0 saturated carbocycles. The fraction of sp³-hybridized carbons (Fsp3) is 0.533. The predicted octanol–water partition coefficient (Wildman–Crippen LogP) is 2.19. The highest BCUT2D eigenvalue weighted by atomic mass is 79.9. The Morgan fingerprint density at radius 2 is 2.30 bits per heavy atom. The van der Waals surface area contributed by atoms with E-state index in [9.17, 15) is 4.79 Å². The van der Waals surface area contributed by atoms with Gasteiger partial charge in [-0.15, -0.1) is 0 Å². The molecule has 1 aromatic carbocycles. The average Bonchev–Trinajstić information content (AvgIpc) is 2.88. The first kappa shape index (κ1) is 15.5. The minimum absolute atomic E-state index is 0.0455. The summed E-state index contributed by atoms with van der Waals surface area (Å²) in [5, 5.41) is 3.32. The lowest BCUT2D eigenvalue weighted by molar-refractivity contribution is -0.122. The molecule has 20 heavy (non-hydrogen) atoms. The zero-order valence-corrected chi connectivity index (χ0v) is 13.4. The number of ketones is 1. The molecule has 0 aliphatic carbocycles. The average molecular weight is 342 g/mol. The Morgan fingerprint density at radius 3 is 2.95 bits per heavy atom. The summed E-state index contributed by atoms with van der Waals surface area (Å²) in [5.41, 5.74) is 0.991. The molecule has 5 heteroatoms. The van der Waals surface area contributed by atoms with E-state index < -0.39 is 0 Å². The Balaban J connectivity index is 2.02. The minimum atomic E-state index is -0.0455. The smallest absolute Gasteiger partial charge is 0.144 e. The van der Waals surface area contributed by atoms with Crippen molar-refractivity contribution < 1.29 is 14.3 Å². The van der Waals surface area contributed by atoms with Crippen molar-refractivity contribution in [3.8, 4) is 5.75 Å². The molecule has 1 heterocycles. The molecule has 1 aliphatic rings. The number of carbonyl (C=O) groups is 1. The lowest BCUT2D eigenvalue weighted by Gasteiger charge is -2.17. The van der Waals surface area contributed by atoms with Crippen molar-refractivity contribution in [2.45, 2.75) is 19.4 Å². The van der Waals surface area contributed by atoms with E-state index >= 15 is 0 Å². The van der Waals surface area contributed by atoms with Crippen LogP contribution in [-0.4, -0.2) is 38.7 Å². The summed E-state index contributed by atoms with van der Waals surface area (Å²) >= 11 is 3.44. The van der Waals surface area contributed by atoms with Gasteiger partial charge in [-0.3, -0.25) is 4.79 Å². The van der Waals surface area contributed by atoms with E-state index in [1.54, 1.807) is 7.11 Å². The molecule has 1 N–H and O–H groups in total. The molecule has 0 aromatic heterocycles. The Morgan fingerprint density at radius 1 is 1.50 bits per heavy atom. The van der Waals surface area contributed by atoms with Gasteiger partial charge in [0, 0.05) is 12.5 Å². The van der Waals surface area contributed by atoms with Gasteiger partial charge in [0.1, 0.15) is 11.5 Å². The maximum absolute atomic E-state index is 12.4. The van der Waals surface area contributed by atoms with Gasteiger partial charge >= 0.3 is 0 Å². The Labute approximate surface area is 128 Å². The van der Waals surface area contributed by atoms with Crippen LogP contribution in [0.15, 0.2) is 22.7 Å². The van der Waals surface area contributed by atoms with Gasteiger partial charge in [-0.1, -0.05) is 13.0 Å². The fourth-order valence-electron chi connectivity index (χ4n) is 2.49. The Hall–Kier alpha value is -0.910. The third kappa shape index (κ3) is 3.59. The third-order valence-corrected chi connectivity index (χ3v) is 4.17. The highest BCUT2D eigenvalue weighted by Crippen LogP contribution is 2.26. The summed E-state index contributed by atoms with van der Waals surface area (Å²) in [4.78, 5) is 12.4. The maximum Gasteiger partial charge on any atom is 0.144 e. The third-order valence-electron chi connectivity index (χ3n) is 3.55. The number of likely N-dealkylation sites (N-methyl/N-ethyl adjacent to an activating group) is 1. The number of carbonyl (C=O) groups excluding carboxylic acids is 1. The topological polar surface area (TPSA) is 47.6 Å². The van der Waals surface area contributed by atoms with Gasteiger partial charge in [0.25, 0.3) is 0 Å². The number of nitrogens with one attached hydrogen (secondary N) is 1. The molecule has 0 spiro atoms. The first-order valence-electron chi connectivity index (χ1n) is 6.82. The summed E-state index contributed by atoms with van der Waals surface area (Å²) in [6.45, 7) is 4.04. The summed E-state index contributed by atoms with van der Waals surface area (Å²) in [6.07, 6.45) is 0.429. The van der Waals surface area contributed by atoms with Gasteiger partial charge in [-0.2, -0.15) is 0 Å². The van der Waals surface area contributed by atoms with Gasteiger partial charge in [0.2, 0.25) is 0 Å². The van der Waals surface area contributed by atoms with Crippen LogP contribution in [0.4, 0.5) is 0 Å². The van der Waals surface area contributed by atoms with Crippen LogP contribution in [0.5, 0.6) is 5.75 Å². The largest absolute Gasteiger partial charge is 0.496 e. The molecule has 1 fully saturated rings. The van der Waals surface area contributed by atoms with E-state index in [1.165, 1.54) is 0 Å². The normalized spacial score (nSPS) is 21.9. The molecule has 4 nitrogen and oxygen atoms in total. The highest BCUT2D eigenvalue weighted by Gasteiger charge is 2.32. The zero-order valence-electron chi connectivity index (χ0n) is 11.8. The van der Waals surface area contributed by atoms with Crippen molar-refractivity contribution in [1.82, 2.24) is 5.32 Å². The second-order valence-corrected chi connectivity index (χ2v) is 5.77. The van der Waals surface area contributed by atoms with E-state index in [1.807, 2.05) is 25.1 Å². The molecule has 2 atom stereocenters. The number of halogens is 1. The standard InChI is InChI=1S/C15H20BrNO3/c1-3-17-13-9-20-8-11(13)14(18)7-10-4-5-15(19-2)12(16)6-10/h4-6,11,13,17H,3,7-9H2,1-2H3. The molecule has 2 unspecified atom stereocenters. The van der Waals surface area contributed by atoms with Crippen molar-refractivity contribution >= 4 is 21.7 Å². The summed E-state index contributed by atoms with van der Waals surface area (Å²) in [7, 11) is 1.63. The quantitative estimate of drug-likeness (QED) is 0.861. The summed E-state index contributed by atoms with van der Waals surface area (Å²) in [6, 6.07) is 5.89. The van der Waals surface area contributed by atoms with Crippen LogP contribution in [0.2, 0.25) is 0 Å². The summed E-state index contributed by atoms with van der Waals surface area (Å²) < 4.78 is 11.5. The number of methoxy groups -OCH3 is 1. The van der Waals surface area contributed by atoms with Crippen LogP contribution in [-0.2, 0) is 16.0 Å². The Bertz CT molecular complexity index is 478. The second-order valence-electron chi connectivity index (χ2n) is 4.92. The van der Waals surface area contributed by atoms with Gasteiger partial charge in [0.05, 0.1) is 30.7 Å². The maximum atomic E-state index is 12.4. The van der Waals surface area contributed by atoms with Gasteiger partial charge < -0.3 is 14.8 Å². The van der Waals surface area contributed by atoms with Crippen LogP contribution < -0.4 is 10.1 Å². The molecule has 0 amide bonds. The molecular formula is C15H20BrNO3. The molecule has 1 saturated heterocycles. The van der Waals surface area contributed by atoms with Crippen LogP contribution in [0.25, 0.3) is 0 Å². The van der Waals surface area contributed by atoms with Crippen LogP contribution in [0, 0.1) is 5.92 Å². The Kier molecular flexibility index (Phi) is 5.57. The highest BCUT2D eigenvalue weighted by molar-refractivity contribution is 9.10. The lowest BCUT2D eigenvalue weighted by atomic mass is 9.93. The van der Waals surface area contributed by atoms with Crippen LogP contribution >= 0.6 is 15.9 Å². The molecule has 110 valence electrons. The van der Waals surface area contributed by atoms with Crippen LogP contribution in [0.3, 0.4) is 0 Å². The minimum Gasteiger partial charge on any atom is -0.496 e. The van der Waals surface area contributed by atoms with E-state index in [0.29, 0.717) is 19.6 Å². The predicted molar refractivity (Wildman–Crippen MR) is 81.2 cm³/mol. The lowest BCUT2D eigenvalue weighted by Crippen LogP contribution is -2.39. The van der Waals surface area contributed by atoms with Crippen LogP contribution in [0.1, 0.15) is 12.5 Å². The number of hydrogen-bond donors (Lipinski definition) is 1. The van der Waals surface area contributed by atoms with E-state index in [-0.39, 0.29) is 17.7 Å². The molecule has 1 aromatic rings. The van der Waals surface area contributed by atoms with Gasteiger partial charge in [-0.05, 0) is 40.2 Å².